The lowest BCUT2D eigenvalue weighted by Gasteiger charge is -2.26. The summed E-state index contributed by atoms with van der Waals surface area (Å²) in [6.07, 6.45) is 5.63. The van der Waals surface area contributed by atoms with Crippen LogP contribution in [0.4, 0.5) is 0 Å². The molecule has 1 unspecified atom stereocenters. The second-order valence-electron chi connectivity index (χ2n) is 6.05. The molecule has 0 saturated carbocycles. The van der Waals surface area contributed by atoms with E-state index in [1.165, 1.54) is 17.4 Å². The molecular weight excluding hydrogens is 304 g/mol. The molecule has 5 heteroatoms. The molecule has 5 nitrogen and oxygen atoms in total. The highest BCUT2D eigenvalue weighted by atomic mass is 16.3. The number of amides is 2. The highest BCUT2D eigenvalue weighted by Crippen LogP contribution is 2.29. The predicted molar refractivity (Wildman–Crippen MR) is 90.5 cm³/mol. The molecule has 1 aromatic carbocycles. The van der Waals surface area contributed by atoms with Gasteiger partial charge < -0.3 is 15.1 Å². The Hall–Kier alpha value is -2.56. The van der Waals surface area contributed by atoms with Crippen LogP contribution in [0.1, 0.15) is 53.4 Å². The summed E-state index contributed by atoms with van der Waals surface area (Å²) in [7, 11) is 0. The smallest absolute Gasteiger partial charge is 0.286 e. The Balaban J connectivity index is 1.41. The van der Waals surface area contributed by atoms with Crippen LogP contribution in [0, 0.1) is 0 Å². The van der Waals surface area contributed by atoms with Crippen molar-refractivity contribution in [3.63, 3.8) is 0 Å². The summed E-state index contributed by atoms with van der Waals surface area (Å²) in [5.74, 6) is 0.0730. The fraction of sp³-hybridized carbons (Fsp3) is 0.368. The van der Waals surface area contributed by atoms with E-state index >= 15 is 0 Å². The fourth-order valence-electron chi connectivity index (χ4n) is 3.12. The Bertz CT molecular complexity index is 694. The van der Waals surface area contributed by atoms with Gasteiger partial charge in [-0.25, -0.2) is 0 Å². The minimum atomic E-state index is -0.249. The van der Waals surface area contributed by atoms with Crippen molar-refractivity contribution in [2.75, 3.05) is 6.54 Å². The predicted octanol–water partition coefficient (Wildman–Crippen LogP) is 2.98. The molecule has 0 saturated heterocycles. The minimum absolute atomic E-state index is 0.0314. The van der Waals surface area contributed by atoms with Crippen LogP contribution in [-0.2, 0) is 11.2 Å². The largest absolute Gasteiger partial charge is 0.459 e. The maximum Gasteiger partial charge on any atom is 0.286 e. The third-order valence-electron chi connectivity index (χ3n) is 4.32. The number of carbonyl (C=O) groups is 2. The number of hydrogen-bond acceptors (Lipinski definition) is 3. The first-order valence-electron chi connectivity index (χ1n) is 8.43. The van der Waals surface area contributed by atoms with Crippen LogP contribution in [0.2, 0.25) is 0 Å². The number of fused-ring (bicyclic) bond motifs is 1. The number of hydrogen-bond donors (Lipinski definition) is 2. The summed E-state index contributed by atoms with van der Waals surface area (Å²) >= 11 is 0. The zero-order valence-corrected chi connectivity index (χ0v) is 13.6. The quantitative estimate of drug-likeness (QED) is 0.802. The molecule has 1 aliphatic carbocycles. The lowest BCUT2D eigenvalue weighted by molar-refractivity contribution is -0.122. The Morgan fingerprint density at radius 1 is 1.17 bits per heavy atom. The fourth-order valence-corrected chi connectivity index (χ4v) is 3.12. The van der Waals surface area contributed by atoms with Crippen LogP contribution in [-0.4, -0.2) is 18.4 Å². The molecule has 2 N–H and O–H groups in total. The van der Waals surface area contributed by atoms with Gasteiger partial charge in [0.25, 0.3) is 5.91 Å². The Morgan fingerprint density at radius 2 is 2.04 bits per heavy atom. The third-order valence-corrected chi connectivity index (χ3v) is 4.32. The van der Waals surface area contributed by atoms with E-state index in [0.717, 1.165) is 19.3 Å². The van der Waals surface area contributed by atoms with Gasteiger partial charge in [-0.3, -0.25) is 9.59 Å². The Morgan fingerprint density at radius 3 is 2.88 bits per heavy atom. The first-order chi connectivity index (χ1) is 11.7. The topological polar surface area (TPSA) is 71.3 Å². The molecule has 1 aromatic heterocycles. The molecular formula is C19H22N2O3. The minimum Gasteiger partial charge on any atom is -0.459 e. The van der Waals surface area contributed by atoms with E-state index in [4.69, 9.17) is 4.42 Å². The number of aryl methyl sites for hydroxylation is 1. The van der Waals surface area contributed by atoms with E-state index < -0.39 is 0 Å². The SMILES string of the molecule is O=C(CCCNC(=O)c1ccco1)NC1CCCc2ccccc21. The molecule has 0 spiro atoms. The summed E-state index contributed by atoms with van der Waals surface area (Å²) in [5, 5.41) is 5.87. The standard InChI is InChI=1S/C19H22N2O3/c22-18(11-4-12-20-19(23)17-10-5-13-24-17)21-16-9-3-7-14-6-1-2-8-15(14)16/h1-2,5-6,8,10,13,16H,3-4,7,9,11-12H2,(H,20,23)(H,21,22). The van der Waals surface area contributed by atoms with Crippen molar-refractivity contribution >= 4 is 11.8 Å². The van der Waals surface area contributed by atoms with E-state index in [-0.39, 0.29) is 17.9 Å². The van der Waals surface area contributed by atoms with Crippen LogP contribution in [0.15, 0.2) is 47.1 Å². The van der Waals surface area contributed by atoms with Gasteiger partial charge in [0, 0.05) is 13.0 Å². The molecule has 2 aromatic rings. The molecule has 0 fully saturated rings. The van der Waals surface area contributed by atoms with E-state index in [9.17, 15) is 9.59 Å². The number of nitrogens with one attached hydrogen (secondary N) is 2. The highest BCUT2D eigenvalue weighted by Gasteiger charge is 2.21. The molecule has 2 amide bonds. The molecule has 0 radical (unpaired) electrons. The van der Waals surface area contributed by atoms with Crippen LogP contribution in [0.25, 0.3) is 0 Å². The monoisotopic (exact) mass is 326 g/mol. The van der Waals surface area contributed by atoms with Crippen LogP contribution in [0.5, 0.6) is 0 Å². The third kappa shape index (κ3) is 4.04. The van der Waals surface area contributed by atoms with Crippen molar-refractivity contribution in [3.05, 3.63) is 59.5 Å². The van der Waals surface area contributed by atoms with Gasteiger partial charge in [-0.15, -0.1) is 0 Å². The second-order valence-corrected chi connectivity index (χ2v) is 6.05. The van der Waals surface area contributed by atoms with Gasteiger partial charge in [0.2, 0.25) is 5.91 Å². The molecule has 1 heterocycles. The van der Waals surface area contributed by atoms with Gasteiger partial charge in [-0.05, 0) is 48.9 Å². The molecule has 1 aliphatic rings. The van der Waals surface area contributed by atoms with Crippen LogP contribution < -0.4 is 10.6 Å². The summed E-state index contributed by atoms with van der Waals surface area (Å²) in [4.78, 5) is 23.9. The normalized spacial score (nSPS) is 16.2. The summed E-state index contributed by atoms with van der Waals surface area (Å²) < 4.78 is 5.02. The van der Waals surface area contributed by atoms with Gasteiger partial charge in [-0.2, -0.15) is 0 Å². The van der Waals surface area contributed by atoms with E-state index in [2.05, 4.69) is 22.8 Å². The van der Waals surface area contributed by atoms with Gasteiger partial charge >= 0.3 is 0 Å². The zero-order chi connectivity index (χ0) is 16.8. The van der Waals surface area contributed by atoms with Crippen molar-refractivity contribution in [1.82, 2.24) is 10.6 Å². The molecule has 0 bridgehead atoms. The van der Waals surface area contributed by atoms with Crippen LogP contribution >= 0.6 is 0 Å². The lowest BCUT2D eigenvalue weighted by atomic mass is 9.87. The molecule has 126 valence electrons. The van der Waals surface area contributed by atoms with Crippen LogP contribution in [0.3, 0.4) is 0 Å². The summed E-state index contributed by atoms with van der Waals surface area (Å²) in [5.41, 5.74) is 2.57. The average Bonchev–Trinajstić information content (AvgIpc) is 3.14. The van der Waals surface area contributed by atoms with Gasteiger partial charge in [0.15, 0.2) is 5.76 Å². The van der Waals surface area contributed by atoms with E-state index in [0.29, 0.717) is 25.1 Å². The van der Waals surface area contributed by atoms with Crippen molar-refractivity contribution in [2.24, 2.45) is 0 Å². The molecule has 1 atom stereocenters. The first-order valence-corrected chi connectivity index (χ1v) is 8.43. The van der Waals surface area contributed by atoms with Gasteiger partial charge in [-0.1, -0.05) is 24.3 Å². The molecule has 3 rings (SSSR count). The molecule has 0 aliphatic heterocycles. The maximum absolute atomic E-state index is 12.2. The van der Waals surface area contributed by atoms with Crippen molar-refractivity contribution < 1.29 is 14.0 Å². The average molecular weight is 326 g/mol. The van der Waals surface area contributed by atoms with E-state index in [1.54, 1.807) is 12.1 Å². The summed E-state index contributed by atoms with van der Waals surface area (Å²) in [6.45, 7) is 0.453. The highest BCUT2D eigenvalue weighted by molar-refractivity contribution is 5.91. The van der Waals surface area contributed by atoms with Crippen molar-refractivity contribution in [2.45, 2.75) is 38.1 Å². The van der Waals surface area contributed by atoms with Crippen molar-refractivity contribution in [1.29, 1.82) is 0 Å². The van der Waals surface area contributed by atoms with Gasteiger partial charge in [0.1, 0.15) is 0 Å². The van der Waals surface area contributed by atoms with Gasteiger partial charge in [0.05, 0.1) is 12.3 Å². The maximum atomic E-state index is 12.2. The number of benzene rings is 1. The number of carbonyl (C=O) groups excluding carboxylic acids is 2. The van der Waals surface area contributed by atoms with E-state index in [1.807, 2.05) is 12.1 Å². The Labute approximate surface area is 141 Å². The number of furan rings is 1. The lowest BCUT2D eigenvalue weighted by Crippen LogP contribution is -2.31. The Kier molecular flexibility index (Phi) is 5.31. The summed E-state index contributed by atoms with van der Waals surface area (Å²) in [6, 6.07) is 11.7. The first kappa shape index (κ1) is 16.3. The van der Waals surface area contributed by atoms with Crippen molar-refractivity contribution in [3.8, 4) is 0 Å². The number of rotatable bonds is 6. The molecule has 24 heavy (non-hydrogen) atoms. The zero-order valence-electron chi connectivity index (χ0n) is 13.6. The second kappa shape index (κ2) is 7.81.